The van der Waals surface area contributed by atoms with E-state index in [1.54, 1.807) is 4.90 Å². The molecule has 6 heteroatoms. The Kier molecular flexibility index (Phi) is 6.78. The molecule has 1 aliphatic heterocycles. The number of amides is 2. The van der Waals surface area contributed by atoms with Crippen LogP contribution in [-0.2, 0) is 4.79 Å². The Morgan fingerprint density at radius 3 is 2.50 bits per heavy atom. The zero-order valence-corrected chi connectivity index (χ0v) is 12.8. The number of carboxylic acid groups (broad SMARTS) is 1. The van der Waals surface area contributed by atoms with Crippen molar-refractivity contribution in [2.24, 2.45) is 11.8 Å². The molecule has 1 rings (SSSR count). The van der Waals surface area contributed by atoms with Crippen LogP contribution < -0.4 is 5.32 Å². The van der Waals surface area contributed by atoms with Crippen molar-refractivity contribution in [3.8, 4) is 0 Å². The molecular weight excluding hydrogens is 258 g/mol. The first kappa shape index (κ1) is 16.8. The molecule has 1 fully saturated rings. The molecule has 116 valence electrons. The van der Waals surface area contributed by atoms with Gasteiger partial charge in [-0.25, -0.2) is 4.79 Å². The van der Waals surface area contributed by atoms with Crippen molar-refractivity contribution < 1.29 is 14.7 Å². The van der Waals surface area contributed by atoms with Crippen LogP contribution in [0, 0.1) is 11.8 Å². The van der Waals surface area contributed by atoms with Crippen molar-refractivity contribution in [3.05, 3.63) is 0 Å². The Morgan fingerprint density at radius 1 is 1.30 bits per heavy atom. The van der Waals surface area contributed by atoms with E-state index in [1.807, 2.05) is 6.92 Å². The molecule has 0 aliphatic carbocycles. The number of carbonyl (C=O) groups is 2. The second-order valence-electron chi connectivity index (χ2n) is 5.49. The van der Waals surface area contributed by atoms with Gasteiger partial charge in [-0.05, 0) is 25.4 Å². The molecule has 0 aromatic carbocycles. The first-order chi connectivity index (χ1) is 9.49. The highest BCUT2D eigenvalue weighted by atomic mass is 16.4. The summed E-state index contributed by atoms with van der Waals surface area (Å²) in [6.45, 7) is 10.4. The lowest BCUT2D eigenvalue weighted by Crippen LogP contribution is -2.42. The minimum atomic E-state index is -0.812. The van der Waals surface area contributed by atoms with Crippen LogP contribution in [0.1, 0.15) is 27.2 Å². The standard InChI is InChI=1S/C14H27N3O3/c1-4-7-16(5-2)8-6-15-14(20)17-9-11(3)12(10-17)13(18)19/h11-12H,4-10H2,1-3H3,(H,15,20)(H,18,19)/t11-,12-/m1/s1. The fourth-order valence-electron chi connectivity index (χ4n) is 2.63. The van der Waals surface area contributed by atoms with Gasteiger partial charge in [-0.2, -0.15) is 0 Å². The van der Waals surface area contributed by atoms with Gasteiger partial charge in [0.15, 0.2) is 0 Å². The number of carboxylic acids is 1. The van der Waals surface area contributed by atoms with Crippen LogP contribution in [0.4, 0.5) is 4.79 Å². The van der Waals surface area contributed by atoms with Gasteiger partial charge in [-0.3, -0.25) is 4.79 Å². The van der Waals surface area contributed by atoms with Crippen molar-refractivity contribution in [2.45, 2.75) is 27.2 Å². The number of carbonyl (C=O) groups excluding carboxylic acids is 1. The summed E-state index contributed by atoms with van der Waals surface area (Å²) in [5.74, 6) is -1.23. The first-order valence-electron chi connectivity index (χ1n) is 7.47. The largest absolute Gasteiger partial charge is 0.481 e. The van der Waals surface area contributed by atoms with Crippen molar-refractivity contribution >= 4 is 12.0 Å². The summed E-state index contributed by atoms with van der Waals surface area (Å²) >= 11 is 0. The van der Waals surface area contributed by atoms with Gasteiger partial charge in [-0.15, -0.1) is 0 Å². The fourth-order valence-corrected chi connectivity index (χ4v) is 2.63. The molecule has 2 N–H and O–H groups in total. The highest BCUT2D eigenvalue weighted by Crippen LogP contribution is 2.22. The highest BCUT2D eigenvalue weighted by molar-refractivity contribution is 5.77. The lowest BCUT2D eigenvalue weighted by atomic mass is 9.99. The van der Waals surface area contributed by atoms with Gasteiger partial charge in [0.2, 0.25) is 0 Å². The Morgan fingerprint density at radius 2 is 2.00 bits per heavy atom. The maximum atomic E-state index is 12.0. The van der Waals surface area contributed by atoms with Crippen LogP contribution in [-0.4, -0.2) is 66.2 Å². The van der Waals surface area contributed by atoms with E-state index in [0.29, 0.717) is 19.6 Å². The summed E-state index contributed by atoms with van der Waals surface area (Å²) in [5, 5.41) is 11.9. The summed E-state index contributed by atoms with van der Waals surface area (Å²) in [6, 6.07) is -0.145. The summed E-state index contributed by atoms with van der Waals surface area (Å²) in [7, 11) is 0. The third kappa shape index (κ3) is 4.67. The predicted molar refractivity (Wildman–Crippen MR) is 77.7 cm³/mol. The molecule has 1 aliphatic rings. The maximum Gasteiger partial charge on any atom is 0.317 e. The van der Waals surface area contributed by atoms with E-state index >= 15 is 0 Å². The van der Waals surface area contributed by atoms with E-state index in [0.717, 1.165) is 26.1 Å². The third-order valence-corrected chi connectivity index (χ3v) is 3.91. The van der Waals surface area contributed by atoms with Crippen molar-refractivity contribution in [1.82, 2.24) is 15.1 Å². The average Bonchev–Trinajstić information content (AvgIpc) is 2.80. The van der Waals surface area contributed by atoms with Crippen LogP contribution in [0.25, 0.3) is 0 Å². The number of rotatable bonds is 7. The molecule has 0 bridgehead atoms. The molecule has 6 nitrogen and oxygen atoms in total. The van der Waals surface area contributed by atoms with Gasteiger partial charge in [0, 0.05) is 26.2 Å². The molecule has 0 saturated carbocycles. The van der Waals surface area contributed by atoms with Gasteiger partial charge in [0.25, 0.3) is 0 Å². The van der Waals surface area contributed by atoms with Crippen LogP contribution in [0.3, 0.4) is 0 Å². The van der Waals surface area contributed by atoms with Gasteiger partial charge in [0.05, 0.1) is 5.92 Å². The molecule has 0 aromatic heterocycles. The second kappa shape index (κ2) is 8.09. The number of nitrogens with zero attached hydrogens (tertiary/aromatic N) is 2. The minimum absolute atomic E-state index is 0.0190. The van der Waals surface area contributed by atoms with Crippen LogP contribution in [0.2, 0.25) is 0 Å². The maximum absolute atomic E-state index is 12.0. The molecule has 1 heterocycles. The average molecular weight is 285 g/mol. The molecule has 0 spiro atoms. The van der Waals surface area contributed by atoms with Crippen molar-refractivity contribution in [1.29, 1.82) is 0 Å². The van der Waals surface area contributed by atoms with E-state index in [1.165, 1.54) is 0 Å². The topological polar surface area (TPSA) is 72.9 Å². The number of likely N-dealkylation sites (tertiary alicyclic amines) is 1. The van der Waals surface area contributed by atoms with Crippen LogP contribution >= 0.6 is 0 Å². The van der Waals surface area contributed by atoms with E-state index in [9.17, 15) is 9.59 Å². The van der Waals surface area contributed by atoms with Gasteiger partial charge in [0.1, 0.15) is 0 Å². The van der Waals surface area contributed by atoms with Gasteiger partial charge >= 0.3 is 12.0 Å². The third-order valence-electron chi connectivity index (χ3n) is 3.91. The molecular formula is C14H27N3O3. The van der Waals surface area contributed by atoms with Crippen molar-refractivity contribution in [2.75, 3.05) is 39.3 Å². The number of likely N-dealkylation sites (N-methyl/N-ethyl adjacent to an activating group) is 1. The van der Waals surface area contributed by atoms with E-state index < -0.39 is 11.9 Å². The minimum Gasteiger partial charge on any atom is -0.481 e. The Balaban J connectivity index is 2.32. The second-order valence-corrected chi connectivity index (χ2v) is 5.49. The molecule has 0 unspecified atom stereocenters. The zero-order valence-electron chi connectivity index (χ0n) is 12.8. The van der Waals surface area contributed by atoms with Crippen LogP contribution in [0.5, 0.6) is 0 Å². The molecule has 20 heavy (non-hydrogen) atoms. The summed E-state index contributed by atoms with van der Waals surface area (Å²) in [6.07, 6.45) is 1.10. The summed E-state index contributed by atoms with van der Waals surface area (Å²) in [4.78, 5) is 26.9. The highest BCUT2D eigenvalue weighted by Gasteiger charge is 2.36. The van der Waals surface area contributed by atoms with E-state index in [-0.39, 0.29) is 11.9 Å². The van der Waals surface area contributed by atoms with Gasteiger partial charge in [-0.1, -0.05) is 20.8 Å². The number of nitrogens with one attached hydrogen (secondary N) is 1. The quantitative estimate of drug-likeness (QED) is 0.734. The number of urea groups is 1. The normalized spacial score (nSPS) is 22.3. The summed E-state index contributed by atoms with van der Waals surface area (Å²) in [5.41, 5.74) is 0. The van der Waals surface area contributed by atoms with Gasteiger partial charge < -0.3 is 20.2 Å². The predicted octanol–water partition coefficient (Wildman–Crippen LogP) is 1.08. The molecule has 2 atom stereocenters. The monoisotopic (exact) mass is 285 g/mol. The van der Waals surface area contributed by atoms with Crippen LogP contribution in [0.15, 0.2) is 0 Å². The fraction of sp³-hybridized carbons (Fsp3) is 0.857. The van der Waals surface area contributed by atoms with Crippen molar-refractivity contribution in [3.63, 3.8) is 0 Å². The molecule has 0 radical (unpaired) electrons. The Hall–Kier alpha value is -1.30. The Labute approximate surface area is 121 Å². The van der Waals surface area contributed by atoms with E-state index in [2.05, 4.69) is 24.1 Å². The zero-order chi connectivity index (χ0) is 15.1. The molecule has 2 amide bonds. The lowest BCUT2D eigenvalue weighted by molar-refractivity contribution is -0.142. The first-order valence-corrected chi connectivity index (χ1v) is 7.47. The van der Waals surface area contributed by atoms with E-state index in [4.69, 9.17) is 5.11 Å². The number of hydrogen-bond acceptors (Lipinski definition) is 3. The Bertz CT molecular complexity index is 336. The molecule has 1 saturated heterocycles. The summed E-state index contributed by atoms with van der Waals surface area (Å²) < 4.78 is 0. The lowest BCUT2D eigenvalue weighted by Gasteiger charge is -2.21. The smallest absolute Gasteiger partial charge is 0.317 e. The molecule has 0 aromatic rings. The number of aliphatic carboxylic acids is 1. The SMILES string of the molecule is CCCN(CC)CCNC(=O)N1C[C@@H](C)[C@H](C(=O)O)C1. The number of hydrogen-bond donors (Lipinski definition) is 2.